The highest BCUT2D eigenvalue weighted by molar-refractivity contribution is 6.30. The third-order valence-corrected chi connectivity index (χ3v) is 3.63. The zero-order chi connectivity index (χ0) is 17.0. The lowest BCUT2D eigenvalue weighted by Gasteiger charge is -2.05. The first-order chi connectivity index (χ1) is 11.7. The number of hydrogen-bond acceptors (Lipinski definition) is 2. The van der Waals surface area contributed by atoms with E-state index in [9.17, 15) is 0 Å². The molecule has 0 fully saturated rings. The van der Waals surface area contributed by atoms with Gasteiger partial charge in [0, 0.05) is 23.7 Å². The SMILES string of the molecule is NC(=NCCCCCCOc1ccc(Cl)cc1)N[n+]1ccccc1.[Cl-]. The monoisotopic (exact) mass is 382 g/mol. The fourth-order valence-corrected chi connectivity index (χ4v) is 2.25. The first kappa shape index (κ1) is 21.1. The van der Waals surface area contributed by atoms with Crippen molar-refractivity contribution >= 4 is 17.6 Å². The van der Waals surface area contributed by atoms with E-state index in [0.717, 1.165) is 49.6 Å². The summed E-state index contributed by atoms with van der Waals surface area (Å²) in [6, 6.07) is 13.2. The normalized spacial score (nSPS) is 10.8. The van der Waals surface area contributed by atoms with Gasteiger partial charge in [0.05, 0.1) is 6.61 Å². The van der Waals surface area contributed by atoms with E-state index in [4.69, 9.17) is 22.1 Å². The fraction of sp³-hybridized carbons (Fsp3) is 0.333. The smallest absolute Gasteiger partial charge is 0.245 e. The lowest BCUT2D eigenvalue weighted by molar-refractivity contribution is -0.640. The molecule has 0 aliphatic heterocycles. The minimum atomic E-state index is 0. The fourth-order valence-electron chi connectivity index (χ4n) is 2.13. The Morgan fingerprint density at radius 1 is 1.04 bits per heavy atom. The Morgan fingerprint density at radius 2 is 1.72 bits per heavy atom. The van der Waals surface area contributed by atoms with Crippen molar-refractivity contribution in [3.05, 3.63) is 59.9 Å². The van der Waals surface area contributed by atoms with Gasteiger partial charge < -0.3 is 22.9 Å². The summed E-state index contributed by atoms with van der Waals surface area (Å²) in [5, 5.41) is 0.724. The Kier molecular flexibility index (Phi) is 10.4. The van der Waals surface area contributed by atoms with Gasteiger partial charge in [-0.3, -0.25) is 0 Å². The second-order valence-electron chi connectivity index (χ2n) is 5.38. The number of aromatic nitrogens is 1. The number of halogens is 2. The van der Waals surface area contributed by atoms with Gasteiger partial charge in [0.2, 0.25) is 5.96 Å². The van der Waals surface area contributed by atoms with Crippen molar-refractivity contribution in [3.8, 4) is 5.75 Å². The molecule has 136 valence electrons. The van der Waals surface area contributed by atoms with Gasteiger partial charge in [-0.15, -0.1) is 5.43 Å². The quantitative estimate of drug-likeness (QED) is 0.280. The van der Waals surface area contributed by atoms with Crippen LogP contribution in [-0.4, -0.2) is 19.1 Å². The number of hydrogen-bond donors (Lipinski definition) is 2. The molecule has 25 heavy (non-hydrogen) atoms. The van der Waals surface area contributed by atoms with Gasteiger partial charge in [0.1, 0.15) is 5.75 Å². The molecule has 0 bridgehead atoms. The van der Waals surface area contributed by atoms with Crippen LogP contribution in [0.2, 0.25) is 5.02 Å². The summed E-state index contributed by atoms with van der Waals surface area (Å²) >= 11 is 5.83. The minimum absolute atomic E-state index is 0. The standard InChI is InChI=1S/C18H24ClN4O.ClH/c19-16-8-10-17(11-9-16)24-15-7-2-1-4-12-21-18(20)22-23-13-5-3-6-14-23;/h3,5-6,8-11,13-14H,1-2,4,7,12,15H2,(H3,20,21,22);1H/q+1;/p-1. The van der Waals surface area contributed by atoms with Crippen molar-refractivity contribution in [2.45, 2.75) is 25.7 Å². The zero-order valence-corrected chi connectivity index (χ0v) is 15.6. The van der Waals surface area contributed by atoms with Crippen molar-refractivity contribution in [2.75, 3.05) is 18.6 Å². The van der Waals surface area contributed by atoms with E-state index < -0.39 is 0 Å². The van der Waals surface area contributed by atoms with E-state index in [1.165, 1.54) is 0 Å². The number of rotatable bonds is 9. The van der Waals surface area contributed by atoms with Crippen LogP contribution >= 0.6 is 11.6 Å². The van der Waals surface area contributed by atoms with Gasteiger partial charge in [0.25, 0.3) is 0 Å². The number of benzene rings is 1. The van der Waals surface area contributed by atoms with E-state index in [2.05, 4.69) is 10.4 Å². The molecular weight excluding hydrogens is 359 g/mol. The number of pyridine rings is 1. The predicted molar refractivity (Wildman–Crippen MR) is 97.9 cm³/mol. The largest absolute Gasteiger partial charge is 1.00 e. The van der Waals surface area contributed by atoms with Gasteiger partial charge in [-0.2, -0.15) is 0 Å². The molecule has 1 heterocycles. The average molecular weight is 383 g/mol. The van der Waals surface area contributed by atoms with Gasteiger partial charge >= 0.3 is 0 Å². The Hall–Kier alpha value is -1.98. The summed E-state index contributed by atoms with van der Waals surface area (Å²) in [6.45, 7) is 1.45. The number of aliphatic imine (C=N–C) groups is 1. The van der Waals surface area contributed by atoms with Crippen molar-refractivity contribution in [1.82, 2.24) is 0 Å². The lowest BCUT2D eigenvalue weighted by Crippen LogP contribution is -3.00. The zero-order valence-electron chi connectivity index (χ0n) is 14.1. The van der Waals surface area contributed by atoms with Gasteiger partial charge in [0.15, 0.2) is 12.4 Å². The Balaban J connectivity index is 0.00000312. The Morgan fingerprint density at radius 3 is 2.44 bits per heavy atom. The maximum Gasteiger partial charge on any atom is 0.245 e. The van der Waals surface area contributed by atoms with Crippen LogP contribution in [0.1, 0.15) is 25.7 Å². The summed E-state index contributed by atoms with van der Waals surface area (Å²) in [5.74, 6) is 1.29. The summed E-state index contributed by atoms with van der Waals surface area (Å²) in [5.41, 5.74) is 8.82. The summed E-state index contributed by atoms with van der Waals surface area (Å²) in [4.78, 5) is 4.31. The summed E-state index contributed by atoms with van der Waals surface area (Å²) < 4.78 is 7.42. The van der Waals surface area contributed by atoms with Crippen LogP contribution in [0, 0.1) is 0 Å². The number of ether oxygens (including phenoxy) is 1. The molecule has 0 saturated heterocycles. The lowest BCUT2D eigenvalue weighted by atomic mass is 10.2. The van der Waals surface area contributed by atoms with Crippen molar-refractivity contribution in [1.29, 1.82) is 0 Å². The highest BCUT2D eigenvalue weighted by Crippen LogP contribution is 2.15. The van der Waals surface area contributed by atoms with E-state index >= 15 is 0 Å². The molecule has 0 saturated carbocycles. The van der Waals surface area contributed by atoms with Crippen LogP contribution < -0.4 is 33.0 Å². The molecular formula is C18H24Cl2N4O. The van der Waals surface area contributed by atoms with E-state index in [-0.39, 0.29) is 12.4 Å². The number of nitrogens with one attached hydrogen (secondary N) is 1. The molecule has 5 nitrogen and oxygen atoms in total. The highest BCUT2D eigenvalue weighted by atomic mass is 35.5. The molecule has 0 atom stereocenters. The van der Waals surface area contributed by atoms with Crippen LogP contribution in [0.4, 0.5) is 0 Å². The molecule has 2 rings (SSSR count). The number of nitrogens with two attached hydrogens (primary N) is 1. The van der Waals surface area contributed by atoms with Crippen LogP contribution in [0.25, 0.3) is 0 Å². The second kappa shape index (κ2) is 12.4. The third-order valence-electron chi connectivity index (χ3n) is 3.38. The molecule has 0 unspecified atom stereocenters. The van der Waals surface area contributed by atoms with E-state index in [1.54, 1.807) is 4.68 Å². The first-order valence-corrected chi connectivity index (χ1v) is 8.53. The Labute approximate surface area is 160 Å². The molecule has 1 aromatic carbocycles. The highest BCUT2D eigenvalue weighted by Gasteiger charge is 1.99. The molecule has 2 aromatic rings. The second-order valence-corrected chi connectivity index (χ2v) is 5.81. The molecule has 0 aliphatic rings. The number of nitrogens with zero attached hydrogens (tertiary/aromatic N) is 2. The van der Waals surface area contributed by atoms with Gasteiger partial charge in [-0.1, -0.05) is 28.8 Å². The van der Waals surface area contributed by atoms with Crippen molar-refractivity contribution in [2.24, 2.45) is 10.7 Å². The van der Waals surface area contributed by atoms with Crippen molar-refractivity contribution in [3.63, 3.8) is 0 Å². The summed E-state index contributed by atoms with van der Waals surface area (Å²) in [6.07, 6.45) is 8.03. The summed E-state index contributed by atoms with van der Waals surface area (Å²) in [7, 11) is 0. The van der Waals surface area contributed by atoms with Crippen LogP contribution in [-0.2, 0) is 0 Å². The van der Waals surface area contributed by atoms with E-state index in [0.29, 0.717) is 5.96 Å². The molecule has 3 N–H and O–H groups in total. The van der Waals surface area contributed by atoms with Gasteiger partial charge in [-0.25, -0.2) is 4.99 Å². The molecule has 0 aliphatic carbocycles. The van der Waals surface area contributed by atoms with Crippen LogP contribution in [0.5, 0.6) is 5.75 Å². The molecule has 0 amide bonds. The Bertz CT molecular complexity index is 621. The maximum absolute atomic E-state index is 5.83. The predicted octanol–water partition coefficient (Wildman–Crippen LogP) is 0.129. The molecule has 0 spiro atoms. The van der Waals surface area contributed by atoms with Crippen LogP contribution in [0.15, 0.2) is 59.9 Å². The first-order valence-electron chi connectivity index (χ1n) is 8.15. The average Bonchev–Trinajstić information content (AvgIpc) is 2.60. The van der Waals surface area contributed by atoms with Gasteiger partial charge in [-0.05, 0) is 43.5 Å². The van der Waals surface area contributed by atoms with Crippen LogP contribution in [0.3, 0.4) is 0 Å². The van der Waals surface area contributed by atoms with E-state index in [1.807, 2.05) is 54.9 Å². The third kappa shape index (κ3) is 9.17. The topological polar surface area (TPSA) is 63.5 Å². The maximum atomic E-state index is 5.83. The molecule has 1 aromatic heterocycles. The minimum Gasteiger partial charge on any atom is -1.00 e. The molecule has 7 heteroatoms. The number of guanidine groups is 1. The van der Waals surface area contributed by atoms with Crippen molar-refractivity contribution < 1.29 is 21.8 Å². The molecule has 0 radical (unpaired) electrons. The number of unbranched alkanes of at least 4 members (excludes halogenated alkanes) is 3.